The van der Waals surface area contributed by atoms with Gasteiger partial charge in [0.2, 0.25) is 0 Å². The highest BCUT2D eigenvalue weighted by Gasteiger charge is 2.38. The third kappa shape index (κ3) is 6.24. The van der Waals surface area contributed by atoms with Crippen molar-refractivity contribution in [1.29, 1.82) is 5.26 Å². The zero-order valence-corrected chi connectivity index (χ0v) is 23.0. The van der Waals surface area contributed by atoms with E-state index in [1.807, 2.05) is 12.1 Å². The van der Waals surface area contributed by atoms with Crippen LogP contribution >= 0.6 is 0 Å². The molecule has 1 aliphatic rings. The lowest BCUT2D eigenvalue weighted by atomic mass is 9.86. The summed E-state index contributed by atoms with van der Waals surface area (Å²) >= 11 is 0. The third-order valence-electron chi connectivity index (χ3n) is 5.55. The van der Waals surface area contributed by atoms with Gasteiger partial charge in [-0.15, -0.1) is 0 Å². The molecule has 1 aromatic carbocycles. The SMILES string of the molecule is COc1cc2c(cc1OC)C(C)(C)CC2=C(C#N)C(=O)OCCC[Si](C)(C)O[Si](C)(C)C. The first kappa shape index (κ1) is 26.2. The molecule has 6 nitrogen and oxygen atoms in total. The summed E-state index contributed by atoms with van der Waals surface area (Å²) < 4.78 is 22.7. The Morgan fingerprint density at radius 1 is 1.09 bits per heavy atom. The number of hydrogen-bond donors (Lipinski definition) is 0. The van der Waals surface area contributed by atoms with Crippen molar-refractivity contribution in [3.05, 3.63) is 28.8 Å². The normalized spacial score (nSPS) is 16.8. The van der Waals surface area contributed by atoms with Crippen LogP contribution in [0, 0.1) is 11.3 Å². The summed E-state index contributed by atoms with van der Waals surface area (Å²) in [6, 6.07) is 6.80. The molecule has 0 bridgehead atoms. The molecule has 8 heteroatoms. The van der Waals surface area contributed by atoms with Gasteiger partial charge in [0.05, 0.1) is 20.8 Å². The lowest BCUT2D eigenvalue weighted by molar-refractivity contribution is -0.138. The van der Waals surface area contributed by atoms with Crippen LogP contribution in [-0.4, -0.2) is 43.4 Å². The molecular formula is C24H37NO5Si2. The molecule has 0 saturated carbocycles. The lowest BCUT2D eigenvalue weighted by Crippen LogP contribution is -2.42. The standard InChI is InChI=1S/C24H37NO5Si2/c1-24(2)15-18(17-13-21(27-3)22(28-4)14-20(17)24)19(16-25)23(26)29-11-10-12-32(8,9)30-31(5,6)7/h13-14H,10-12,15H2,1-9H3. The van der Waals surface area contributed by atoms with E-state index < -0.39 is 22.6 Å². The van der Waals surface area contributed by atoms with Gasteiger partial charge in [0.15, 0.2) is 28.1 Å². The van der Waals surface area contributed by atoms with Crippen LogP contribution in [0.5, 0.6) is 11.5 Å². The maximum absolute atomic E-state index is 12.8. The Bertz CT molecular complexity index is 939. The Hall–Kier alpha value is -2.09. The molecule has 0 N–H and O–H groups in total. The summed E-state index contributed by atoms with van der Waals surface area (Å²) in [7, 11) is -0.214. The molecule has 1 aromatic rings. The van der Waals surface area contributed by atoms with Gasteiger partial charge in [-0.2, -0.15) is 5.26 Å². The van der Waals surface area contributed by atoms with E-state index in [2.05, 4.69) is 52.7 Å². The molecule has 0 aromatic heterocycles. The molecule has 2 rings (SSSR count). The maximum atomic E-state index is 12.8. The minimum atomic E-state index is -1.79. The van der Waals surface area contributed by atoms with E-state index >= 15 is 0 Å². The molecule has 32 heavy (non-hydrogen) atoms. The smallest absolute Gasteiger partial charge is 0.349 e. The van der Waals surface area contributed by atoms with Crippen molar-refractivity contribution in [1.82, 2.24) is 0 Å². The number of rotatable bonds is 9. The Morgan fingerprint density at radius 3 is 2.22 bits per heavy atom. The third-order valence-corrected chi connectivity index (χ3v) is 11.8. The monoisotopic (exact) mass is 475 g/mol. The number of carbonyl (C=O) groups excluding carboxylic acids is 1. The summed E-state index contributed by atoms with van der Waals surface area (Å²) in [4.78, 5) is 12.8. The van der Waals surface area contributed by atoms with Crippen LogP contribution in [0.15, 0.2) is 17.7 Å². The fourth-order valence-electron chi connectivity index (χ4n) is 4.40. The molecule has 0 radical (unpaired) electrons. The lowest BCUT2D eigenvalue weighted by Gasteiger charge is -2.31. The van der Waals surface area contributed by atoms with Crippen molar-refractivity contribution < 1.29 is 23.1 Å². The predicted octanol–water partition coefficient (Wildman–Crippen LogP) is 5.65. The van der Waals surface area contributed by atoms with Gasteiger partial charge in [-0.25, -0.2) is 4.79 Å². The minimum absolute atomic E-state index is 0.0684. The summed E-state index contributed by atoms with van der Waals surface area (Å²) in [6.45, 7) is 15.5. The predicted molar refractivity (Wildman–Crippen MR) is 132 cm³/mol. The van der Waals surface area contributed by atoms with Crippen molar-refractivity contribution in [2.45, 2.75) is 70.9 Å². The highest BCUT2D eigenvalue weighted by molar-refractivity contribution is 6.84. The maximum Gasteiger partial charge on any atom is 0.349 e. The first-order valence-corrected chi connectivity index (χ1v) is 17.5. The van der Waals surface area contributed by atoms with E-state index in [0.717, 1.165) is 23.6 Å². The van der Waals surface area contributed by atoms with E-state index in [4.69, 9.17) is 18.3 Å². The Morgan fingerprint density at radius 2 is 1.69 bits per heavy atom. The number of hydrogen-bond acceptors (Lipinski definition) is 6. The first-order chi connectivity index (χ1) is 14.7. The zero-order valence-electron chi connectivity index (χ0n) is 21.0. The highest BCUT2D eigenvalue weighted by atomic mass is 28.4. The highest BCUT2D eigenvalue weighted by Crippen LogP contribution is 2.50. The number of ether oxygens (including phenoxy) is 3. The number of allylic oxidation sites excluding steroid dienone is 1. The molecule has 0 aliphatic heterocycles. The second-order valence-electron chi connectivity index (χ2n) is 10.5. The number of nitrogens with zero attached hydrogens (tertiary/aromatic N) is 1. The fourth-order valence-corrected chi connectivity index (χ4v) is 12.4. The average molecular weight is 476 g/mol. The molecule has 0 amide bonds. The van der Waals surface area contributed by atoms with Crippen molar-refractivity contribution in [3.63, 3.8) is 0 Å². The number of nitriles is 1. The zero-order chi connectivity index (χ0) is 24.3. The van der Waals surface area contributed by atoms with E-state index in [-0.39, 0.29) is 17.6 Å². The molecular weight excluding hydrogens is 438 g/mol. The topological polar surface area (TPSA) is 77.8 Å². The number of benzene rings is 1. The molecule has 0 spiro atoms. The van der Waals surface area contributed by atoms with Gasteiger partial charge in [0, 0.05) is 0 Å². The van der Waals surface area contributed by atoms with Gasteiger partial charge in [0.1, 0.15) is 11.6 Å². The van der Waals surface area contributed by atoms with Gasteiger partial charge < -0.3 is 18.3 Å². The van der Waals surface area contributed by atoms with Crippen molar-refractivity contribution in [3.8, 4) is 17.6 Å². The van der Waals surface area contributed by atoms with Gasteiger partial charge in [-0.05, 0) is 85.9 Å². The minimum Gasteiger partial charge on any atom is -0.493 e. The molecule has 0 fully saturated rings. The van der Waals surface area contributed by atoms with Crippen LogP contribution in [0.1, 0.15) is 37.8 Å². The van der Waals surface area contributed by atoms with Gasteiger partial charge in [0.25, 0.3) is 0 Å². The second kappa shape index (κ2) is 9.81. The van der Waals surface area contributed by atoms with Gasteiger partial charge in [-0.1, -0.05) is 13.8 Å². The van der Waals surface area contributed by atoms with Crippen LogP contribution in [0.2, 0.25) is 38.8 Å². The van der Waals surface area contributed by atoms with Crippen LogP contribution in [0.25, 0.3) is 5.57 Å². The average Bonchev–Trinajstić information content (AvgIpc) is 2.93. The number of carbonyl (C=O) groups is 1. The Labute approximate surface area is 194 Å². The van der Waals surface area contributed by atoms with Crippen molar-refractivity contribution >= 4 is 28.2 Å². The molecule has 0 atom stereocenters. The molecule has 0 heterocycles. The van der Waals surface area contributed by atoms with Crippen LogP contribution < -0.4 is 9.47 Å². The van der Waals surface area contributed by atoms with E-state index in [1.54, 1.807) is 14.2 Å². The molecule has 0 unspecified atom stereocenters. The van der Waals surface area contributed by atoms with Gasteiger partial charge in [-0.3, -0.25) is 0 Å². The molecule has 176 valence electrons. The second-order valence-corrected chi connectivity index (χ2v) is 19.6. The summed E-state index contributed by atoms with van der Waals surface area (Å²) in [5.41, 5.74) is 2.41. The number of methoxy groups -OCH3 is 2. The molecule has 0 saturated heterocycles. The fraction of sp³-hybridized carbons (Fsp3) is 0.583. The van der Waals surface area contributed by atoms with Crippen LogP contribution in [0.4, 0.5) is 0 Å². The van der Waals surface area contributed by atoms with Gasteiger partial charge >= 0.3 is 5.97 Å². The van der Waals surface area contributed by atoms with Crippen LogP contribution in [0.3, 0.4) is 0 Å². The van der Waals surface area contributed by atoms with E-state index in [9.17, 15) is 10.1 Å². The largest absolute Gasteiger partial charge is 0.493 e. The summed E-state index contributed by atoms with van der Waals surface area (Å²) in [5.74, 6) is 0.641. The number of esters is 1. The summed E-state index contributed by atoms with van der Waals surface area (Å²) in [6.07, 6.45) is 1.30. The van der Waals surface area contributed by atoms with Crippen molar-refractivity contribution in [2.75, 3.05) is 20.8 Å². The Balaban J connectivity index is 2.21. The first-order valence-electron chi connectivity index (χ1n) is 11.0. The van der Waals surface area contributed by atoms with Crippen molar-refractivity contribution in [2.24, 2.45) is 0 Å². The Kier molecular flexibility index (Phi) is 8.03. The summed E-state index contributed by atoms with van der Waals surface area (Å²) in [5, 5.41) is 9.82. The van der Waals surface area contributed by atoms with E-state index in [0.29, 0.717) is 23.5 Å². The number of fused-ring (bicyclic) bond motifs is 1. The molecule has 1 aliphatic carbocycles. The quantitative estimate of drug-likeness (QED) is 0.151. The van der Waals surface area contributed by atoms with Crippen LogP contribution in [-0.2, 0) is 19.1 Å². The van der Waals surface area contributed by atoms with E-state index in [1.165, 1.54) is 0 Å².